The number of allylic oxidation sites excluding steroid dienone is 3. The van der Waals surface area contributed by atoms with E-state index in [9.17, 15) is 14.4 Å². The highest BCUT2D eigenvalue weighted by molar-refractivity contribution is 6.12. The van der Waals surface area contributed by atoms with Gasteiger partial charge in [0.2, 0.25) is 0 Å². The lowest BCUT2D eigenvalue weighted by molar-refractivity contribution is -0.151. The van der Waals surface area contributed by atoms with Crippen LogP contribution in [0.25, 0.3) is 0 Å². The number of carbonyl (C=O) groups is 3. The van der Waals surface area contributed by atoms with Crippen LogP contribution in [0, 0.1) is 18.8 Å². The summed E-state index contributed by atoms with van der Waals surface area (Å²) in [4.78, 5) is 39.0. The van der Waals surface area contributed by atoms with E-state index < -0.39 is 23.8 Å². The molecule has 30 heavy (non-hydrogen) atoms. The highest BCUT2D eigenvalue weighted by Crippen LogP contribution is 2.46. The molecule has 1 aromatic carbocycles. The van der Waals surface area contributed by atoms with Gasteiger partial charge in [-0.15, -0.1) is 0 Å². The van der Waals surface area contributed by atoms with Crippen LogP contribution in [-0.4, -0.2) is 31.4 Å². The van der Waals surface area contributed by atoms with E-state index >= 15 is 0 Å². The monoisotopic (exact) mass is 411 g/mol. The Kier molecular flexibility index (Phi) is 6.44. The van der Waals surface area contributed by atoms with Crippen molar-refractivity contribution in [3.05, 3.63) is 57.9 Å². The number of methoxy groups -OCH3 is 1. The summed E-state index contributed by atoms with van der Waals surface area (Å²) in [6.07, 6.45) is 1.23. The molecule has 0 fully saturated rings. The van der Waals surface area contributed by atoms with E-state index in [4.69, 9.17) is 9.47 Å². The van der Waals surface area contributed by atoms with Crippen molar-refractivity contribution < 1.29 is 23.9 Å². The first kappa shape index (κ1) is 21.8. The number of esters is 2. The summed E-state index contributed by atoms with van der Waals surface area (Å²) >= 11 is 0. The Bertz CT molecular complexity index is 943. The van der Waals surface area contributed by atoms with Crippen LogP contribution in [0.1, 0.15) is 50.7 Å². The average molecular weight is 411 g/mol. The molecular formula is C24H29NO5. The number of hydrogen-bond donors (Lipinski definition) is 1. The summed E-state index contributed by atoms with van der Waals surface area (Å²) in [7, 11) is 1.29. The first-order valence-electron chi connectivity index (χ1n) is 10.4. The summed E-state index contributed by atoms with van der Waals surface area (Å²) in [5.41, 5.74) is 4.16. The molecule has 0 radical (unpaired) electrons. The van der Waals surface area contributed by atoms with Crippen LogP contribution in [0.15, 0.2) is 46.8 Å². The van der Waals surface area contributed by atoms with Crippen LogP contribution in [0.3, 0.4) is 0 Å². The number of Topliss-reactive ketones (excluding diaryl/α,β-unsaturated/α-hetero) is 1. The maximum absolute atomic E-state index is 13.6. The van der Waals surface area contributed by atoms with Gasteiger partial charge in [-0.3, -0.25) is 9.59 Å². The number of rotatable bonds is 5. The van der Waals surface area contributed by atoms with Crippen LogP contribution < -0.4 is 5.32 Å². The van der Waals surface area contributed by atoms with E-state index in [2.05, 4.69) is 5.32 Å². The normalized spacial score (nSPS) is 23.6. The fourth-order valence-electron chi connectivity index (χ4n) is 4.45. The van der Waals surface area contributed by atoms with Gasteiger partial charge in [0.15, 0.2) is 5.78 Å². The maximum Gasteiger partial charge on any atom is 0.336 e. The number of ketones is 1. The molecule has 2 aliphatic rings. The van der Waals surface area contributed by atoms with Gasteiger partial charge in [0.05, 0.1) is 19.3 Å². The molecule has 1 aromatic rings. The smallest absolute Gasteiger partial charge is 0.336 e. The first-order chi connectivity index (χ1) is 14.3. The standard InChI is InChI=1S/C24H29NO5/c1-6-11-30-24(28)19-15(4)25-17-12-14(3)18(23(27)29-5)22(26)21(17)20(19)16-10-8-7-9-13(16)2/h7-10,14,18,20,25H,6,11-12H2,1-5H3/t14-,18+,20-/m0/s1. The number of aryl methyl sites for hydroxylation is 1. The minimum atomic E-state index is -0.881. The van der Waals surface area contributed by atoms with Crippen molar-refractivity contribution in [1.82, 2.24) is 5.32 Å². The van der Waals surface area contributed by atoms with Gasteiger partial charge in [0, 0.05) is 22.9 Å². The van der Waals surface area contributed by atoms with E-state index in [0.717, 1.165) is 16.8 Å². The number of ether oxygens (including phenoxy) is 2. The Labute approximate surface area is 177 Å². The van der Waals surface area contributed by atoms with Crippen LogP contribution in [0.2, 0.25) is 0 Å². The minimum Gasteiger partial charge on any atom is -0.468 e. The predicted octanol–water partition coefficient (Wildman–Crippen LogP) is 3.56. The Balaban J connectivity index is 2.18. The molecule has 0 spiro atoms. The second-order valence-electron chi connectivity index (χ2n) is 8.03. The largest absolute Gasteiger partial charge is 0.468 e. The molecule has 0 aromatic heterocycles. The fourth-order valence-corrected chi connectivity index (χ4v) is 4.45. The lowest BCUT2D eigenvalue weighted by Crippen LogP contribution is -2.43. The van der Waals surface area contributed by atoms with Crippen molar-refractivity contribution in [2.24, 2.45) is 11.8 Å². The van der Waals surface area contributed by atoms with Crippen LogP contribution in [0.4, 0.5) is 0 Å². The molecule has 1 heterocycles. The molecule has 3 atom stereocenters. The Morgan fingerprint density at radius 1 is 1.20 bits per heavy atom. The van der Waals surface area contributed by atoms with Crippen LogP contribution in [0.5, 0.6) is 0 Å². The van der Waals surface area contributed by atoms with Crippen molar-refractivity contribution in [2.45, 2.75) is 46.5 Å². The van der Waals surface area contributed by atoms with Crippen molar-refractivity contribution in [1.29, 1.82) is 0 Å². The molecule has 1 aliphatic carbocycles. The zero-order valence-corrected chi connectivity index (χ0v) is 18.2. The number of carbonyl (C=O) groups excluding carboxylic acids is 3. The molecule has 0 amide bonds. The summed E-state index contributed by atoms with van der Waals surface area (Å²) in [6, 6.07) is 7.69. The third kappa shape index (κ3) is 3.78. The Morgan fingerprint density at radius 3 is 2.53 bits per heavy atom. The Morgan fingerprint density at radius 2 is 1.90 bits per heavy atom. The third-order valence-electron chi connectivity index (χ3n) is 5.90. The number of dihydropyridines is 1. The second-order valence-corrected chi connectivity index (χ2v) is 8.03. The zero-order chi connectivity index (χ0) is 22.0. The van der Waals surface area contributed by atoms with Gasteiger partial charge >= 0.3 is 11.9 Å². The summed E-state index contributed by atoms with van der Waals surface area (Å²) < 4.78 is 10.4. The van der Waals surface area contributed by atoms with Crippen molar-refractivity contribution >= 4 is 17.7 Å². The molecular weight excluding hydrogens is 382 g/mol. The first-order valence-corrected chi connectivity index (χ1v) is 10.4. The molecule has 0 saturated heterocycles. The van der Waals surface area contributed by atoms with E-state index in [1.165, 1.54) is 7.11 Å². The fraction of sp³-hybridized carbons (Fsp3) is 0.458. The lowest BCUT2D eigenvalue weighted by atomic mass is 9.68. The maximum atomic E-state index is 13.6. The van der Waals surface area contributed by atoms with Gasteiger partial charge in [0.1, 0.15) is 5.92 Å². The van der Waals surface area contributed by atoms with Crippen molar-refractivity contribution in [3.63, 3.8) is 0 Å². The molecule has 3 rings (SSSR count). The van der Waals surface area contributed by atoms with Gasteiger partial charge in [-0.1, -0.05) is 38.1 Å². The van der Waals surface area contributed by atoms with E-state index in [-0.39, 0.29) is 11.7 Å². The van der Waals surface area contributed by atoms with E-state index in [1.54, 1.807) is 0 Å². The highest BCUT2D eigenvalue weighted by atomic mass is 16.5. The van der Waals surface area contributed by atoms with Crippen LogP contribution >= 0.6 is 0 Å². The van der Waals surface area contributed by atoms with E-state index in [0.29, 0.717) is 36.3 Å². The average Bonchev–Trinajstić information content (AvgIpc) is 2.71. The SMILES string of the molecule is CCCOC(=O)C1=C(C)NC2=C(C(=O)[C@H](C(=O)OC)[C@@H](C)C2)[C@H]1c1ccccc1C. The van der Waals surface area contributed by atoms with E-state index in [1.807, 2.05) is 52.0 Å². The predicted molar refractivity (Wildman–Crippen MR) is 112 cm³/mol. The second kappa shape index (κ2) is 8.86. The zero-order valence-electron chi connectivity index (χ0n) is 18.2. The van der Waals surface area contributed by atoms with Gasteiger partial charge in [-0.05, 0) is 43.7 Å². The van der Waals surface area contributed by atoms with Gasteiger partial charge in [-0.25, -0.2) is 4.79 Å². The molecule has 1 N–H and O–H groups in total. The summed E-state index contributed by atoms with van der Waals surface area (Å²) in [5, 5.41) is 3.27. The third-order valence-corrected chi connectivity index (χ3v) is 5.90. The van der Waals surface area contributed by atoms with Gasteiger partial charge in [0.25, 0.3) is 0 Å². The van der Waals surface area contributed by atoms with Crippen LogP contribution in [-0.2, 0) is 23.9 Å². The topological polar surface area (TPSA) is 81.7 Å². The number of hydrogen-bond acceptors (Lipinski definition) is 6. The number of benzene rings is 1. The molecule has 0 unspecified atom stereocenters. The minimum absolute atomic E-state index is 0.199. The van der Waals surface area contributed by atoms with Crippen molar-refractivity contribution in [2.75, 3.05) is 13.7 Å². The Hall–Kier alpha value is -2.89. The molecule has 6 heteroatoms. The quantitative estimate of drug-likeness (QED) is 0.589. The summed E-state index contributed by atoms with van der Waals surface area (Å²) in [5.74, 6) is -2.93. The molecule has 160 valence electrons. The van der Waals surface area contributed by atoms with Gasteiger partial charge in [-0.2, -0.15) is 0 Å². The van der Waals surface area contributed by atoms with Gasteiger partial charge < -0.3 is 14.8 Å². The highest BCUT2D eigenvalue weighted by Gasteiger charge is 2.47. The summed E-state index contributed by atoms with van der Waals surface area (Å²) in [6.45, 7) is 7.89. The molecule has 0 saturated carbocycles. The lowest BCUT2D eigenvalue weighted by Gasteiger charge is -2.38. The molecule has 1 aliphatic heterocycles. The molecule has 0 bridgehead atoms. The van der Waals surface area contributed by atoms with Crippen molar-refractivity contribution in [3.8, 4) is 0 Å². The molecule has 6 nitrogen and oxygen atoms in total. The number of nitrogens with one attached hydrogen (secondary N) is 1.